The average molecular weight is 349 g/mol. The van der Waals surface area contributed by atoms with Crippen LogP contribution >= 0.6 is 15.9 Å². The number of halogens is 1. The third-order valence-corrected chi connectivity index (χ3v) is 4.40. The fraction of sp³-hybridized carbons (Fsp3) is 0.429. The number of fused-ring (bicyclic) bond motifs is 1. The van der Waals surface area contributed by atoms with Gasteiger partial charge in [0.15, 0.2) is 5.65 Å². The fourth-order valence-electron chi connectivity index (χ4n) is 2.29. The van der Waals surface area contributed by atoms with Gasteiger partial charge in [0.05, 0.1) is 0 Å². The van der Waals surface area contributed by atoms with Gasteiger partial charge in [0, 0.05) is 11.8 Å². The summed E-state index contributed by atoms with van der Waals surface area (Å²) < 4.78 is 2.32. The van der Waals surface area contributed by atoms with Crippen molar-refractivity contribution in [3.05, 3.63) is 22.8 Å². The summed E-state index contributed by atoms with van der Waals surface area (Å²) in [6.45, 7) is 0. The molecule has 108 valence electrons. The van der Waals surface area contributed by atoms with E-state index in [2.05, 4.69) is 26.0 Å². The number of hydrogen-bond donors (Lipinski definition) is 0. The Bertz CT molecular complexity index is 725. The van der Waals surface area contributed by atoms with E-state index in [4.69, 9.17) is 0 Å². The van der Waals surface area contributed by atoms with Crippen LogP contribution in [0.5, 0.6) is 0 Å². The van der Waals surface area contributed by atoms with E-state index in [9.17, 15) is 9.59 Å². The zero-order chi connectivity index (χ0) is 14.6. The molecule has 2 aromatic rings. The molecule has 0 N–H and O–H groups in total. The first kappa shape index (κ1) is 12.9. The van der Waals surface area contributed by atoms with Crippen LogP contribution in [0.1, 0.15) is 25.7 Å². The van der Waals surface area contributed by atoms with E-state index < -0.39 is 0 Å². The first-order chi connectivity index (χ1) is 10.1. The monoisotopic (exact) mass is 348 g/mol. The molecule has 2 fully saturated rings. The smallest absolute Gasteiger partial charge is 0.259 e. The molecule has 0 spiro atoms. The maximum atomic E-state index is 12.4. The van der Waals surface area contributed by atoms with Crippen molar-refractivity contribution < 1.29 is 9.59 Å². The number of carbonyl (C=O) groups is 2. The Balaban J connectivity index is 1.78. The largest absolute Gasteiger partial charge is 0.274 e. The standard InChI is InChI=1S/C14H13BrN4O2/c15-10-2-1-3-11-16-14(17-19(10)11)18(12(20)8-4-5-8)13(21)9-6-7-9/h1-3,8-9H,4-7H2. The summed E-state index contributed by atoms with van der Waals surface area (Å²) in [5, 5.41) is 4.32. The molecule has 0 bridgehead atoms. The van der Waals surface area contributed by atoms with Crippen LogP contribution in [-0.2, 0) is 9.59 Å². The zero-order valence-corrected chi connectivity index (χ0v) is 12.8. The highest BCUT2D eigenvalue weighted by atomic mass is 79.9. The highest BCUT2D eigenvalue weighted by molar-refractivity contribution is 9.10. The van der Waals surface area contributed by atoms with Crippen molar-refractivity contribution in [2.45, 2.75) is 25.7 Å². The highest BCUT2D eigenvalue weighted by Gasteiger charge is 2.43. The van der Waals surface area contributed by atoms with E-state index in [1.807, 2.05) is 12.1 Å². The molecule has 2 aliphatic carbocycles. The molecule has 2 aromatic heterocycles. The maximum Gasteiger partial charge on any atom is 0.259 e. The van der Waals surface area contributed by atoms with Crippen molar-refractivity contribution in [2.75, 3.05) is 4.90 Å². The first-order valence-electron chi connectivity index (χ1n) is 7.04. The van der Waals surface area contributed by atoms with E-state index in [1.54, 1.807) is 10.6 Å². The molecule has 0 unspecified atom stereocenters. The van der Waals surface area contributed by atoms with E-state index in [0.29, 0.717) is 5.65 Å². The van der Waals surface area contributed by atoms with Gasteiger partial charge in [-0.2, -0.15) is 4.98 Å². The summed E-state index contributed by atoms with van der Waals surface area (Å²) in [7, 11) is 0. The van der Waals surface area contributed by atoms with Gasteiger partial charge in [0.1, 0.15) is 4.60 Å². The number of aromatic nitrogens is 3. The van der Waals surface area contributed by atoms with Crippen molar-refractivity contribution >= 4 is 39.3 Å². The Morgan fingerprint density at radius 3 is 2.29 bits per heavy atom. The van der Waals surface area contributed by atoms with E-state index >= 15 is 0 Å². The quantitative estimate of drug-likeness (QED) is 0.629. The molecule has 2 heterocycles. The molecule has 7 heteroatoms. The summed E-state index contributed by atoms with van der Waals surface area (Å²) in [5.41, 5.74) is 0.608. The van der Waals surface area contributed by atoms with Gasteiger partial charge in [0.25, 0.3) is 5.95 Å². The molecule has 2 amide bonds. The van der Waals surface area contributed by atoms with Gasteiger partial charge in [-0.05, 0) is 53.7 Å². The molecule has 4 rings (SSSR count). The van der Waals surface area contributed by atoms with Crippen LogP contribution in [0.2, 0.25) is 0 Å². The molecule has 2 aliphatic rings. The third kappa shape index (κ3) is 2.25. The molecule has 0 aromatic carbocycles. The number of carbonyl (C=O) groups excluding carboxylic acids is 2. The lowest BCUT2D eigenvalue weighted by Gasteiger charge is -2.16. The van der Waals surface area contributed by atoms with Crippen LogP contribution in [0.4, 0.5) is 5.95 Å². The van der Waals surface area contributed by atoms with Gasteiger partial charge in [-0.3, -0.25) is 9.59 Å². The van der Waals surface area contributed by atoms with Crippen molar-refractivity contribution in [1.29, 1.82) is 0 Å². The predicted octanol–water partition coefficient (Wildman–Crippen LogP) is 2.17. The molecule has 2 saturated carbocycles. The minimum Gasteiger partial charge on any atom is -0.274 e. The molecule has 0 radical (unpaired) electrons. The van der Waals surface area contributed by atoms with E-state index in [0.717, 1.165) is 30.3 Å². The summed E-state index contributed by atoms with van der Waals surface area (Å²) >= 11 is 3.39. The van der Waals surface area contributed by atoms with Crippen LogP contribution in [0, 0.1) is 11.8 Å². The van der Waals surface area contributed by atoms with Gasteiger partial charge in [0.2, 0.25) is 11.8 Å². The minimum atomic E-state index is -0.154. The van der Waals surface area contributed by atoms with E-state index in [1.165, 1.54) is 4.90 Å². The summed E-state index contributed by atoms with van der Waals surface area (Å²) in [6.07, 6.45) is 3.41. The van der Waals surface area contributed by atoms with Crippen LogP contribution in [-0.4, -0.2) is 26.4 Å². The van der Waals surface area contributed by atoms with Crippen molar-refractivity contribution in [1.82, 2.24) is 14.6 Å². The Morgan fingerprint density at radius 1 is 1.14 bits per heavy atom. The van der Waals surface area contributed by atoms with E-state index in [-0.39, 0.29) is 29.6 Å². The third-order valence-electron chi connectivity index (χ3n) is 3.80. The molecule has 0 saturated heterocycles. The second-order valence-corrected chi connectivity index (χ2v) is 6.40. The van der Waals surface area contributed by atoms with Crippen LogP contribution in [0.15, 0.2) is 22.8 Å². The Labute approximate surface area is 129 Å². The van der Waals surface area contributed by atoms with Crippen LogP contribution < -0.4 is 4.90 Å². The van der Waals surface area contributed by atoms with Gasteiger partial charge in [-0.25, -0.2) is 9.42 Å². The van der Waals surface area contributed by atoms with Gasteiger partial charge >= 0.3 is 0 Å². The summed E-state index contributed by atoms with van der Waals surface area (Å²) in [4.78, 5) is 30.4. The average Bonchev–Trinajstić information content (AvgIpc) is 3.35. The molecular weight excluding hydrogens is 336 g/mol. The van der Waals surface area contributed by atoms with Crippen molar-refractivity contribution in [3.8, 4) is 0 Å². The van der Waals surface area contributed by atoms with Gasteiger partial charge in [-0.15, -0.1) is 5.10 Å². The zero-order valence-electron chi connectivity index (χ0n) is 11.2. The second-order valence-electron chi connectivity index (χ2n) is 5.59. The first-order valence-corrected chi connectivity index (χ1v) is 7.83. The number of pyridine rings is 1. The summed E-state index contributed by atoms with van der Waals surface area (Å²) in [5.74, 6) is -0.195. The number of amides is 2. The maximum absolute atomic E-state index is 12.4. The summed E-state index contributed by atoms with van der Waals surface area (Å²) in [6, 6.07) is 5.47. The normalized spacial score (nSPS) is 18.0. The lowest BCUT2D eigenvalue weighted by atomic mass is 10.3. The molecule has 21 heavy (non-hydrogen) atoms. The lowest BCUT2D eigenvalue weighted by Crippen LogP contribution is -2.40. The molecule has 0 atom stereocenters. The van der Waals surface area contributed by atoms with Gasteiger partial charge in [-0.1, -0.05) is 6.07 Å². The SMILES string of the molecule is O=C(C1CC1)N(C(=O)C1CC1)c1nc2cccc(Br)n2n1. The molecule has 6 nitrogen and oxygen atoms in total. The Hall–Kier alpha value is -1.76. The Kier molecular flexibility index (Phi) is 2.85. The predicted molar refractivity (Wildman–Crippen MR) is 78.6 cm³/mol. The number of nitrogens with zero attached hydrogens (tertiary/aromatic N) is 4. The van der Waals surface area contributed by atoms with Crippen molar-refractivity contribution in [2.24, 2.45) is 11.8 Å². The van der Waals surface area contributed by atoms with Gasteiger partial charge < -0.3 is 0 Å². The number of hydrogen-bond acceptors (Lipinski definition) is 4. The van der Waals surface area contributed by atoms with Crippen LogP contribution in [0.25, 0.3) is 5.65 Å². The number of imide groups is 1. The molecular formula is C14H13BrN4O2. The Morgan fingerprint density at radius 2 is 1.76 bits per heavy atom. The topological polar surface area (TPSA) is 67.6 Å². The lowest BCUT2D eigenvalue weighted by molar-refractivity contribution is -0.128. The minimum absolute atomic E-state index is 0.0391. The van der Waals surface area contributed by atoms with Crippen molar-refractivity contribution in [3.63, 3.8) is 0 Å². The second kappa shape index (κ2) is 4.62. The molecule has 0 aliphatic heterocycles. The number of anilines is 1. The number of rotatable bonds is 3. The fourth-order valence-corrected chi connectivity index (χ4v) is 2.70. The van der Waals surface area contributed by atoms with Crippen LogP contribution in [0.3, 0.4) is 0 Å². The highest BCUT2D eigenvalue weighted by Crippen LogP contribution is 2.36.